The second kappa shape index (κ2) is 4.47. The zero-order valence-corrected chi connectivity index (χ0v) is 9.78. The smallest absolute Gasteiger partial charge is 0.313 e. The van der Waals surface area contributed by atoms with Gasteiger partial charge in [-0.15, -0.1) is 0 Å². The molecule has 0 N–H and O–H groups in total. The topological polar surface area (TPSA) is 26.3 Å². The Morgan fingerprint density at radius 1 is 1.20 bits per heavy atom. The van der Waals surface area contributed by atoms with Crippen LogP contribution in [-0.4, -0.2) is 11.6 Å². The maximum Gasteiger partial charge on any atom is 0.313 e. The van der Waals surface area contributed by atoms with Crippen molar-refractivity contribution >= 4 is 5.97 Å². The van der Waals surface area contributed by atoms with Gasteiger partial charge in [0.2, 0.25) is 0 Å². The monoisotopic (exact) mass is 206 g/mol. The lowest BCUT2D eigenvalue weighted by molar-refractivity contribution is -0.156. The van der Waals surface area contributed by atoms with Crippen LogP contribution in [0.1, 0.15) is 39.2 Å². The summed E-state index contributed by atoms with van der Waals surface area (Å²) in [5, 5.41) is 0. The van der Waals surface area contributed by atoms with E-state index in [1.54, 1.807) is 0 Å². The van der Waals surface area contributed by atoms with Crippen molar-refractivity contribution in [2.75, 3.05) is 0 Å². The van der Waals surface area contributed by atoms with Crippen molar-refractivity contribution in [3.8, 4) is 0 Å². The lowest BCUT2D eigenvalue weighted by Crippen LogP contribution is -2.26. The Labute approximate surface area is 91.3 Å². The quantitative estimate of drug-likeness (QED) is 0.695. The molecule has 1 atom stereocenters. The van der Waals surface area contributed by atoms with Crippen LogP contribution in [0.15, 0.2) is 30.3 Å². The van der Waals surface area contributed by atoms with E-state index in [1.165, 1.54) is 0 Å². The van der Waals surface area contributed by atoms with Gasteiger partial charge in [-0.05, 0) is 33.3 Å². The van der Waals surface area contributed by atoms with Crippen LogP contribution >= 0.6 is 0 Å². The lowest BCUT2D eigenvalue weighted by Gasteiger charge is -2.22. The molecule has 0 spiro atoms. The zero-order chi connectivity index (χ0) is 11.5. The summed E-state index contributed by atoms with van der Waals surface area (Å²) >= 11 is 0. The number of hydrogen-bond donors (Lipinski definition) is 0. The van der Waals surface area contributed by atoms with E-state index >= 15 is 0 Å². The Balaban J connectivity index is 2.70. The van der Waals surface area contributed by atoms with Gasteiger partial charge in [0.15, 0.2) is 0 Å². The van der Waals surface area contributed by atoms with E-state index in [2.05, 4.69) is 0 Å². The summed E-state index contributed by atoms with van der Waals surface area (Å²) in [5.74, 6) is -0.376. The summed E-state index contributed by atoms with van der Waals surface area (Å²) in [6.07, 6.45) is 0. The minimum absolute atomic E-state index is 0.172. The first-order valence-corrected chi connectivity index (χ1v) is 5.18. The fourth-order valence-electron chi connectivity index (χ4n) is 1.27. The highest BCUT2D eigenvalue weighted by atomic mass is 16.6. The molecule has 2 heteroatoms. The molecule has 0 aliphatic rings. The molecule has 0 saturated heterocycles. The molecule has 0 heterocycles. The minimum Gasteiger partial charge on any atom is -0.460 e. The number of esters is 1. The molecule has 1 rings (SSSR count). The van der Waals surface area contributed by atoms with Crippen LogP contribution in [0.4, 0.5) is 0 Å². The summed E-state index contributed by atoms with van der Waals surface area (Å²) in [7, 11) is 0. The predicted molar refractivity (Wildman–Crippen MR) is 60.7 cm³/mol. The van der Waals surface area contributed by atoms with E-state index in [4.69, 9.17) is 4.74 Å². The average molecular weight is 206 g/mol. The van der Waals surface area contributed by atoms with Crippen LogP contribution < -0.4 is 0 Å². The highest BCUT2D eigenvalue weighted by Gasteiger charge is 2.22. The van der Waals surface area contributed by atoms with Gasteiger partial charge in [0.25, 0.3) is 0 Å². The van der Waals surface area contributed by atoms with Gasteiger partial charge < -0.3 is 4.74 Å². The Hall–Kier alpha value is -1.31. The summed E-state index contributed by atoms with van der Waals surface area (Å²) in [4.78, 5) is 11.7. The summed E-state index contributed by atoms with van der Waals surface area (Å²) in [6.45, 7) is 7.50. The molecule has 2 nitrogen and oxygen atoms in total. The molecule has 0 bridgehead atoms. The van der Waals surface area contributed by atoms with Gasteiger partial charge >= 0.3 is 5.97 Å². The van der Waals surface area contributed by atoms with Crippen molar-refractivity contribution in [3.63, 3.8) is 0 Å². The van der Waals surface area contributed by atoms with E-state index in [0.29, 0.717) is 0 Å². The second-order valence-corrected chi connectivity index (χ2v) is 4.67. The number of hydrogen-bond acceptors (Lipinski definition) is 2. The van der Waals surface area contributed by atoms with E-state index < -0.39 is 5.60 Å². The van der Waals surface area contributed by atoms with E-state index in [9.17, 15) is 4.79 Å². The molecule has 0 amide bonds. The van der Waals surface area contributed by atoms with Gasteiger partial charge in [0.05, 0.1) is 5.92 Å². The molecule has 0 aliphatic carbocycles. The van der Waals surface area contributed by atoms with Crippen molar-refractivity contribution in [2.24, 2.45) is 0 Å². The SMILES string of the molecule is CC(C(=O)OC(C)(C)C)c1ccccc1. The van der Waals surface area contributed by atoms with Crippen LogP contribution in [0.5, 0.6) is 0 Å². The molecule has 82 valence electrons. The molecule has 0 radical (unpaired) electrons. The minimum atomic E-state index is -0.417. The largest absolute Gasteiger partial charge is 0.460 e. The van der Waals surface area contributed by atoms with E-state index in [0.717, 1.165) is 5.56 Å². The van der Waals surface area contributed by atoms with E-state index in [-0.39, 0.29) is 11.9 Å². The third-order valence-electron chi connectivity index (χ3n) is 2.06. The fourth-order valence-corrected chi connectivity index (χ4v) is 1.27. The Bertz CT molecular complexity index is 322. The van der Waals surface area contributed by atoms with E-state index in [1.807, 2.05) is 58.0 Å². The van der Waals surface area contributed by atoms with Gasteiger partial charge in [-0.2, -0.15) is 0 Å². The lowest BCUT2D eigenvalue weighted by atomic mass is 10.0. The standard InChI is InChI=1S/C13H18O2/c1-10(11-8-6-5-7-9-11)12(14)15-13(2,3)4/h5-10H,1-4H3. The normalized spacial score (nSPS) is 13.3. The molecule has 0 saturated carbocycles. The maximum absolute atomic E-state index is 11.7. The van der Waals surface area contributed by atoms with Crippen molar-refractivity contribution < 1.29 is 9.53 Å². The average Bonchev–Trinajstić information content (AvgIpc) is 2.15. The number of carbonyl (C=O) groups is 1. The molecule has 1 unspecified atom stereocenters. The number of benzene rings is 1. The van der Waals surface area contributed by atoms with Crippen LogP contribution in [0.2, 0.25) is 0 Å². The fraction of sp³-hybridized carbons (Fsp3) is 0.462. The molecular formula is C13H18O2. The summed E-state index contributed by atoms with van der Waals surface area (Å²) < 4.78 is 5.31. The van der Waals surface area contributed by atoms with Gasteiger partial charge in [0, 0.05) is 0 Å². The Morgan fingerprint density at radius 3 is 2.20 bits per heavy atom. The van der Waals surface area contributed by atoms with Crippen LogP contribution in [0, 0.1) is 0 Å². The second-order valence-electron chi connectivity index (χ2n) is 4.67. The number of carbonyl (C=O) groups excluding carboxylic acids is 1. The highest BCUT2D eigenvalue weighted by molar-refractivity contribution is 5.78. The number of rotatable bonds is 2. The summed E-state index contributed by atoms with van der Waals surface area (Å²) in [6, 6.07) is 9.67. The third kappa shape index (κ3) is 3.74. The van der Waals surface area contributed by atoms with Crippen LogP contribution in [0.3, 0.4) is 0 Å². The first-order valence-electron chi connectivity index (χ1n) is 5.18. The Kier molecular flexibility index (Phi) is 3.51. The van der Waals surface area contributed by atoms with Crippen molar-refractivity contribution in [3.05, 3.63) is 35.9 Å². The predicted octanol–water partition coefficient (Wildman–Crippen LogP) is 3.13. The van der Waals surface area contributed by atoms with Gasteiger partial charge in [-0.3, -0.25) is 4.79 Å². The zero-order valence-electron chi connectivity index (χ0n) is 9.78. The van der Waals surface area contributed by atoms with Gasteiger partial charge in [0.1, 0.15) is 5.60 Å². The maximum atomic E-state index is 11.7. The van der Waals surface area contributed by atoms with Crippen LogP contribution in [0.25, 0.3) is 0 Å². The molecule has 0 aliphatic heterocycles. The van der Waals surface area contributed by atoms with Crippen LogP contribution in [-0.2, 0) is 9.53 Å². The van der Waals surface area contributed by atoms with Gasteiger partial charge in [-0.25, -0.2) is 0 Å². The first-order chi connectivity index (χ1) is 6.90. The molecule has 1 aromatic carbocycles. The first kappa shape index (κ1) is 11.8. The number of ether oxygens (including phenoxy) is 1. The molecular weight excluding hydrogens is 188 g/mol. The molecule has 0 fully saturated rings. The molecule has 15 heavy (non-hydrogen) atoms. The third-order valence-corrected chi connectivity index (χ3v) is 2.06. The summed E-state index contributed by atoms with van der Waals surface area (Å²) in [5.41, 5.74) is 0.576. The highest BCUT2D eigenvalue weighted by Crippen LogP contribution is 2.19. The van der Waals surface area contributed by atoms with Crippen molar-refractivity contribution in [1.29, 1.82) is 0 Å². The van der Waals surface area contributed by atoms with Crippen molar-refractivity contribution in [2.45, 2.75) is 39.2 Å². The molecule has 1 aromatic rings. The van der Waals surface area contributed by atoms with Gasteiger partial charge in [-0.1, -0.05) is 30.3 Å². The molecule has 0 aromatic heterocycles. The van der Waals surface area contributed by atoms with Crippen molar-refractivity contribution in [1.82, 2.24) is 0 Å². The Morgan fingerprint density at radius 2 is 1.73 bits per heavy atom.